The number of nitrogens with two attached hydrogens (primary N) is 1. The van der Waals surface area contributed by atoms with Gasteiger partial charge in [0.25, 0.3) is 0 Å². The molecule has 1 rings (SSSR count). The van der Waals surface area contributed by atoms with Gasteiger partial charge in [-0.25, -0.2) is 9.97 Å². The van der Waals surface area contributed by atoms with Crippen molar-refractivity contribution in [1.82, 2.24) is 9.97 Å². The summed E-state index contributed by atoms with van der Waals surface area (Å²) in [6, 6.07) is 0. The van der Waals surface area contributed by atoms with Crippen LogP contribution in [0, 0.1) is 5.92 Å². The molecule has 5 nitrogen and oxygen atoms in total. The van der Waals surface area contributed by atoms with Crippen LogP contribution in [0.25, 0.3) is 0 Å². The van der Waals surface area contributed by atoms with Crippen molar-refractivity contribution in [1.29, 1.82) is 0 Å². The van der Waals surface area contributed by atoms with E-state index in [9.17, 15) is 4.79 Å². The van der Waals surface area contributed by atoms with E-state index in [1.54, 1.807) is 0 Å². The van der Waals surface area contributed by atoms with Crippen molar-refractivity contribution in [3.8, 4) is 0 Å². The first-order valence-electron chi connectivity index (χ1n) is 5.13. The molecule has 0 radical (unpaired) electrons. The average molecular weight is 287 g/mol. The van der Waals surface area contributed by atoms with Gasteiger partial charge in [-0.3, -0.25) is 4.79 Å². The summed E-state index contributed by atoms with van der Waals surface area (Å²) in [7, 11) is 0. The summed E-state index contributed by atoms with van der Waals surface area (Å²) in [6.45, 7) is 2.54. The molecule has 0 fully saturated rings. The molecule has 88 valence electrons. The first-order chi connectivity index (χ1) is 7.65. The standard InChI is InChI=1S/C10H15BrN4O/c1-2-7(4-12)3-10(16)15-9-6-13-8(11)5-14-9/h5-7H,2-4,12H2,1H3,(H,14,15,16). The predicted octanol–water partition coefficient (Wildman–Crippen LogP) is 1.55. The van der Waals surface area contributed by atoms with Gasteiger partial charge >= 0.3 is 0 Å². The zero-order valence-corrected chi connectivity index (χ0v) is 10.7. The fourth-order valence-corrected chi connectivity index (χ4v) is 1.43. The van der Waals surface area contributed by atoms with Crippen LogP contribution in [0.4, 0.5) is 5.82 Å². The highest BCUT2D eigenvalue weighted by molar-refractivity contribution is 9.10. The Morgan fingerprint density at radius 1 is 1.56 bits per heavy atom. The molecule has 0 saturated heterocycles. The summed E-state index contributed by atoms with van der Waals surface area (Å²) >= 11 is 3.17. The maximum Gasteiger partial charge on any atom is 0.225 e. The van der Waals surface area contributed by atoms with E-state index >= 15 is 0 Å². The molecule has 0 saturated carbocycles. The van der Waals surface area contributed by atoms with Crippen LogP contribution in [-0.4, -0.2) is 22.4 Å². The second-order valence-corrected chi connectivity index (χ2v) is 4.30. The number of anilines is 1. The van der Waals surface area contributed by atoms with Crippen molar-refractivity contribution in [3.63, 3.8) is 0 Å². The van der Waals surface area contributed by atoms with Crippen LogP contribution in [0.3, 0.4) is 0 Å². The summed E-state index contributed by atoms with van der Waals surface area (Å²) in [5, 5.41) is 2.68. The first-order valence-corrected chi connectivity index (χ1v) is 5.92. The molecule has 3 N–H and O–H groups in total. The zero-order chi connectivity index (χ0) is 12.0. The zero-order valence-electron chi connectivity index (χ0n) is 9.11. The summed E-state index contributed by atoms with van der Waals surface area (Å²) in [4.78, 5) is 19.6. The number of rotatable bonds is 5. The van der Waals surface area contributed by atoms with Gasteiger partial charge in [0.1, 0.15) is 4.60 Å². The highest BCUT2D eigenvalue weighted by Crippen LogP contribution is 2.09. The van der Waals surface area contributed by atoms with E-state index in [0.717, 1.165) is 6.42 Å². The molecule has 1 atom stereocenters. The Bertz CT molecular complexity index is 337. The van der Waals surface area contributed by atoms with Crippen molar-refractivity contribution < 1.29 is 4.79 Å². The lowest BCUT2D eigenvalue weighted by Crippen LogP contribution is -2.22. The lowest BCUT2D eigenvalue weighted by molar-refractivity contribution is -0.117. The van der Waals surface area contributed by atoms with Gasteiger partial charge in [-0.1, -0.05) is 13.3 Å². The second kappa shape index (κ2) is 6.55. The van der Waals surface area contributed by atoms with Crippen LogP contribution in [-0.2, 0) is 4.79 Å². The fourth-order valence-electron chi connectivity index (χ4n) is 1.23. The molecule has 0 spiro atoms. The van der Waals surface area contributed by atoms with E-state index in [4.69, 9.17) is 5.73 Å². The average Bonchev–Trinajstić information content (AvgIpc) is 2.29. The van der Waals surface area contributed by atoms with E-state index in [2.05, 4.69) is 31.2 Å². The highest BCUT2D eigenvalue weighted by atomic mass is 79.9. The molecule has 1 aromatic heterocycles. The Morgan fingerprint density at radius 3 is 2.81 bits per heavy atom. The van der Waals surface area contributed by atoms with Crippen LogP contribution in [0.5, 0.6) is 0 Å². The number of aromatic nitrogens is 2. The normalized spacial score (nSPS) is 12.2. The molecule has 0 bridgehead atoms. The van der Waals surface area contributed by atoms with E-state index in [1.807, 2.05) is 6.92 Å². The van der Waals surface area contributed by atoms with Crippen LogP contribution >= 0.6 is 15.9 Å². The van der Waals surface area contributed by atoms with Crippen molar-refractivity contribution in [2.24, 2.45) is 11.7 Å². The molecule has 0 aliphatic heterocycles. The van der Waals surface area contributed by atoms with Gasteiger partial charge in [0.05, 0.1) is 12.4 Å². The van der Waals surface area contributed by atoms with E-state index in [0.29, 0.717) is 23.4 Å². The maximum atomic E-state index is 11.6. The third-order valence-corrected chi connectivity index (χ3v) is 2.68. The summed E-state index contributed by atoms with van der Waals surface area (Å²) in [5.41, 5.74) is 5.53. The van der Waals surface area contributed by atoms with Gasteiger partial charge in [0, 0.05) is 6.42 Å². The number of halogens is 1. The minimum absolute atomic E-state index is 0.0751. The van der Waals surface area contributed by atoms with Gasteiger partial charge in [0.15, 0.2) is 5.82 Å². The predicted molar refractivity (Wildman–Crippen MR) is 65.8 cm³/mol. The largest absolute Gasteiger partial charge is 0.330 e. The van der Waals surface area contributed by atoms with Crippen molar-refractivity contribution in [2.75, 3.05) is 11.9 Å². The minimum atomic E-state index is -0.0751. The third kappa shape index (κ3) is 4.24. The Labute approximate surface area is 103 Å². The van der Waals surface area contributed by atoms with E-state index in [-0.39, 0.29) is 11.8 Å². The number of hydrogen-bond donors (Lipinski definition) is 2. The van der Waals surface area contributed by atoms with Crippen molar-refractivity contribution in [2.45, 2.75) is 19.8 Å². The lowest BCUT2D eigenvalue weighted by Gasteiger charge is -2.11. The number of carbonyl (C=O) groups is 1. The van der Waals surface area contributed by atoms with E-state index in [1.165, 1.54) is 12.4 Å². The molecule has 0 aromatic carbocycles. The first kappa shape index (κ1) is 13.1. The van der Waals surface area contributed by atoms with Crippen molar-refractivity contribution >= 4 is 27.7 Å². The van der Waals surface area contributed by atoms with Crippen LogP contribution in [0.2, 0.25) is 0 Å². The molecule has 1 unspecified atom stereocenters. The SMILES string of the molecule is CCC(CN)CC(=O)Nc1cnc(Br)cn1. The number of nitrogens with zero attached hydrogens (tertiary/aromatic N) is 2. The Balaban J connectivity index is 2.48. The second-order valence-electron chi connectivity index (χ2n) is 3.49. The Hall–Kier alpha value is -1.01. The van der Waals surface area contributed by atoms with Gasteiger partial charge in [0.2, 0.25) is 5.91 Å². The molecule has 1 amide bonds. The molecule has 1 aromatic rings. The topological polar surface area (TPSA) is 80.9 Å². The summed E-state index contributed by atoms with van der Waals surface area (Å²) in [5.74, 6) is 0.609. The molecule has 0 aliphatic rings. The maximum absolute atomic E-state index is 11.6. The Kier molecular flexibility index (Phi) is 5.34. The molecular weight excluding hydrogens is 272 g/mol. The quantitative estimate of drug-likeness (QED) is 0.861. The highest BCUT2D eigenvalue weighted by Gasteiger charge is 2.10. The summed E-state index contributed by atoms with van der Waals surface area (Å²) < 4.78 is 0.638. The molecule has 16 heavy (non-hydrogen) atoms. The lowest BCUT2D eigenvalue weighted by atomic mass is 10.0. The Morgan fingerprint density at radius 2 is 2.31 bits per heavy atom. The van der Waals surface area contributed by atoms with Gasteiger partial charge in [-0.05, 0) is 28.4 Å². The monoisotopic (exact) mass is 286 g/mol. The number of amides is 1. The van der Waals surface area contributed by atoms with Gasteiger partial charge in [-0.2, -0.15) is 0 Å². The number of nitrogens with one attached hydrogen (secondary N) is 1. The third-order valence-electron chi connectivity index (χ3n) is 2.27. The van der Waals surface area contributed by atoms with Gasteiger partial charge < -0.3 is 11.1 Å². The molecule has 0 aliphatic carbocycles. The van der Waals surface area contributed by atoms with Crippen LogP contribution in [0.1, 0.15) is 19.8 Å². The molecule has 1 heterocycles. The summed E-state index contributed by atoms with van der Waals surface area (Å²) in [6.07, 6.45) is 4.36. The number of carbonyl (C=O) groups excluding carboxylic acids is 1. The van der Waals surface area contributed by atoms with Crippen molar-refractivity contribution in [3.05, 3.63) is 17.0 Å². The van der Waals surface area contributed by atoms with Gasteiger partial charge in [-0.15, -0.1) is 0 Å². The number of hydrogen-bond acceptors (Lipinski definition) is 4. The van der Waals surface area contributed by atoms with E-state index < -0.39 is 0 Å². The minimum Gasteiger partial charge on any atom is -0.330 e. The smallest absolute Gasteiger partial charge is 0.225 e. The van der Waals surface area contributed by atoms with Crippen LogP contribution < -0.4 is 11.1 Å². The molecular formula is C10H15BrN4O. The molecule has 6 heteroatoms. The van der Waals surface area contributed by atoms with Crippen LogP contribution in [0.15, 0.2) is 17.0 Å². The fraction of sp³-hybridized carbons (Fsp3) is 0.500.